The highest BCUT2D eigenvalue weighted by molar-refractivity contribution is 7.47. The summed E-state index contributed by atoms with van der Waals surface area (Å²) in [6.45, 7) is 4.52. The SMILES string of the molecule is CC/C=C\C/C=C\C/C=C\C/C=C\CCCCCCCCCOCC(COP(=O)(O)OCCN)OC(=O)CC/C=C\C/C=C\C/C=C\C/C=C\CC. The molecule has 0 saturated heterocycles. The molecule has 2 unspecified atom stereocenters. The van der Waals surface area contributed by atoms with Gasteiger partial charge in [-0.2, -0.15) is 0 Å². The maximum Gasteiger partial charge on any atom is 0.472 e. The van der Waals surface area contributed by atoms with Gasteiger partial charge in [0.1, 0.15) is 6.10 Å². The predicted octanol–water partition coefficient (Wildman–Crippen LogP) is 11.5. The molecule has 0 aliphatic rings. The Morgan fingerprint density at radius 2 is 1.02 bits per heavy atom. The topological polar surface area (TPSA) is 117 Å². The van der Waals surface area contributed by atoms with E-state index in [-0.39, 0.29) is 32.8 Å². The van der Waals surface area contributed by atoms with Gasteiger partial charge in [-0.3, -0.25) is 13.8 Å². The van der Waals surface area contributed by atoms with Gasteiger partial charge in [0.2, 0.25) is 0 Å². The number of phosphoric ester groups is 1. The zero-order valence-corrected chi connectivity index (χ0v) is 33.4. The second kappa shape index (κ2) is 39.6. The van der Waals surface area contributed by atoms with E-state index in [1.807, 2.05) is 12.2 Å². The smallest absolute Gasteiger partial charge is 0.457 e. The number of nitrogens with two attached hydrogens (primary N) is 1. The van der Waals surface area contributed by atoms with Crippen molar-refractivity contribution in [2.24, 2.45) is 5.73 Å². The van der Waals surface area contributed by atoms with Crippen LogP contribution in [0.5, 0.6) is 0 Å². The van der Waals surface area contributed by atoms with Crippen LogP contribution in [-0.2, 0) is 27.9 Å². The zero-order valence-electron chi connectivity index (χ0n) is 32.5. The number of ether oxygens (including phenoxy) is 2. The molecule has 3 N–H and O–H groups in total. The first-order chi connectivity index (χ1) is 25.4. The van der Waals surface area contributed by atoms with Gasteiger partial charge in [-0.15, -0.1) is 0 Å². The normalized spacial score (nSPS) is 14.6. The van der Waals surface area contributed by atoms with Gasteiger partial charge in [0.15, 0.2) is 0 Å². The standard InChI is InChI=1S/C43H72NO7P/c1-3-5-7-9-11-13-15-17-18-19-20-21-22-23-25-27-29-31-33-35-38-48-40-42(41-50-52(46,47)49-39-37-44)51-43(45)36-34-32-30-28-26-24-16-14-12-10-8-6-4-2/h5-8,11-14,17-18,20-21,24,26,30,32,42H,3-4,9-10,15-16,19,22-23,25,27-29,31,33-41,44H2,1-2H3,(H,46,47)/b7-5-,8-6-,13-11-,14-12-,18-17-,21-20-,26-24-,32-30-. The molecule has 0 aliphatic heterocycles. The third-order valence-electron chi connectivity index (χ3n) is 7.51. The maximum atomic E-state index is 12.5. The molecular weight excluding hydrogens is 673 g/mol. The fourth-order valence-electron chi connectivity index (χ4n) is 4.70. The Bertz CT molecular complexity index is 1110. The third-order valence-corrected chi connectivity index (χ3v) is 8.49. The van der Waals surface area contributed by atoms with E-state index in [1.165, 1.54) is 25.7 Å². The maximum absolute atomic E-state index is 12.5. The Balaban J connectivity index is 4.18. The fourth-order valence-corrected chi connectivity index (χ4v) is 5.47. The van der Waals surface area contributed by atoms with E-state index < -0.39 is 19.9 Å². The van der Waals surface area contributed by atoms with Gasteiger partial charge in [-0.25, -0.2) is 4.57 Å². The lowest BCUT2D eigenvalue weighted by Crippen LogP contribution is -2.28. The quantitative estimate of drug-likeness (QED) is 0.0282. The van der Waals surface area contributed by atoms with E-state index in [4.69, 9.17) is 24.3 Å². The summed E-state index contributed by atoms with van der Waals surface area (Å²) in [7, 11) is -4.30. The van der Waals surface area contributed by atoms with Crippen LogP contribution in [0, 0.1) is 0 Å². The van der Waals surface area contributed by atoms with E-state index in [1.54, 1.807) is 0 Å². The summed E-state index contributed by atoms with van der Waals surface area (Å²) >= 11 is 0. The monoisotopic (exact) mass is 746 g/mol. The van der Waals surface area contributed by atoms with Gasteiger partial charge in [0.05, 0.1) is 19.8 Å². The number of allylic oxidation sites excluding steroid dienone is 16. The van der Waals surface area contributed by atoms with Crippen LogP contribution in [0.1, 0.15) is 129 Å². The number of unbranched alkanes of at least 4 members (excludes halogenated alkanes) is 7. The Morgan fingerprint density at radius 3 is 1.52 bits per heavy atom. The average molecular weight is 746 g/mol. The van der Waals surface area contributed by atoms with Crippen molar-refractivity contribution < 1.29 is 32.8 Å². The minimum Gasteiger partial charge on any atom is -0.457 e. The number of carbonyl (C=O) groups is 1. The van der Waals surface area contributed by atoms with Crippen molar-refractivity contribution in [1.82, 2.24) is 0 Å². The molecule has 0 aromatic heterocycles. The van der Waals surface area contributed by atoms with E-state index in [0.29, 0.717) is 13.0 Å². The zero-order chi connectivity index (χ0) is 38.1. The summed E-state index contributed by atoms with van der Waals surface area (Å²) in [6.07, 6.45) is 51.6. The lowest BCUT2D eigenvalue weighted by Gasteiger charge is -2.20. The van der Waals surface area contributed by atoms with Crippen molar-refractivity contribution >= 4 is 13.8 Å². The molecule has 0 aromatic rings. The largest absolute Gasteiger partial charge is 0.472 e. The fraction of sp³-hybridized carbons (Fsp3) is 0.605. The molecule has 9 heteroatoms. The van der Waals surface area contributed by atoms with Crippen LogP contribution in [0.15, 0.2) is 97.2 Å². The number of hydrogen-bond acceptors (Lipinski definition) is 7. The van der Waals surface area contributed by atoms with Crippen molar-refractivity contribution in [1.29, 1.82) is 0 Å². The molecule has 0 radical (unpaired) electrons. The van der Waals surface area contributed by atoms with Crippen molar-refractivity contribution in [3.8, 4) is 0 Å². The number of rotatable bonds is 36. The Hall–Kier alpha value is -2.58. The molecule has 8 nitrogen and oxygen atoms in total. The summed E-state index contributed by atoms with van der Waals surface area (Å²) in [4.78, 5) is 22.4. The number of esters is 1. The van der Waals surface area contributed by atoms with Crippen LogP contribution >= 0.6 is 7.82 Å². The van der Waals surface area contributed by atoms with Gasteiger partial charge >= 0.3 is 13.8 Å². The first kappa shape index (κ1) is 49.4. The molecule has 0 spiro atoms. The Labute approximate surface area is 317 Å². The molecular formula is C43H72NO7P. The molecule has 2 atom stereocenters. The van der Waals surface area contributed by atoms with E-state index in [9.17, 15) is 14.3 Å². The number of carbonyl (C=O) groups excluding carboxylic acids is 1. The van der Waals surface area contributed by atoms with Crippen LogP contribution < -0.4 is 5.73 Å². The van der Waals surface area contributed by atoms with Gasteiger partial charge in [0.25, 0.3) is 0 Å². The van der Waals surface area contributed by atoms with Crippen LogP contribution in [-0.4, -0.2) is 49.9 Å². The van der Waals surface area contributed by atoms with Gasteiger partial charge < -0.3 is 20.1 Å². The second-order valence-corrected chi connectivity index (χ2v) is 13.8. The van der Waals surface area contributed by atoms with Gasteiger partial charge in [-0.1, -0.05) is 143 Å². The summed E-state index contributed by atoms with van der Waals surface area (Å²) in [5, 5.41) is 0. The molecule has 0 rings (SSSR count). The molecule has 0 saturated carbocycles. The summed E-state index contributed by atoms with van der Waals surface area (Å²) in [6, 6.07) is 0. The molecule has 0 amide bonds. The lowest BCUT2D eigenvalue weighted by molar-refractivity contribution is -0.154. The molecule has 0 bridgehead atoms. The highest BCUT2D eigenvalue weighted by Crippen LogP contribution is 2.43. The minimum atomic E-state index is -4.30. The van der Waals surface area contributed by atoms with Crippen LogP contribution in [0.2, 0.25) is 0 Å². The Kier molecular flexibility index (Phi) is 37.7. The van der Waals surface area contributed by atoms with Crippen LogP contribution in [0.25, 0.3) is 0 Å². The van der Waals surface area contributed by atoms with Crippen molar-refractivity contribution in [3.05, 3.63) is 97.2 Å². The van der Waals surface area contributed by atoms with Crippen molar-refractivity contribution in [2.75, 3.05) is 33.0 Å². The van der Waals surface area contributed by atoms with Crippen molar-refractivity contribution in [3.63, 3.8) is 0 Å². The van der Waals surface area contributed by atoms with E-state index in [0.717, 1.165) is 77.0 Å². The van der Waals surface area contributed by atoms with Crippen LogP contribution in [0.4, 0.5) is 0 Å². The number of phosphoric acid groups is 1. The first-order valence-corrected chi connectivity index (χ1v) is 21.2. The highest BCUT2D eigenvalue weighted by atomic mass is 31.2. The molecule has 0 aromatic carbocycles. The molecule has 296 valence electrons. The minimum absolute atomic E-state index is 0.0733. The van der Waals surface area contributed by atoms with Gasteiger partial charge in [0, 0.05) is 19.6 Å². The van der Waals surface area contributed by atoms with E-state index >= 15 is 0 Å². The summed E-state index contributed by atoms with van der Waals surface area (Å²) in [5.74, 6) is -0.419. The van der Waals surface area contributed by atoms with E-state index in [2.05, 4.69) is 98.9 Å². The first-order valence-electron chi connectivity index (χ1n) is 19.7. The highest BCUT2D eigenvalue weighted by Gasteiger charge is 2.25. The third kappa shape index (κ3) is 38.6. The average Bonchev–Trinajstić information content (AvgIpc) is 3.13. The molecule has 52 heavy (non-hydrogen) atoms. The second-order valence-electron chi connectivity index (χ2n) is 12.4. The number of hydrogen-bond donors (Lipinski definition) is 2. The van der Waals surface area contributed by atoms with Crippen LogP contribution in [0.3, 0.4) is 0 Å². The summed E-state index contributed by atoms with van der Waals surface area (Å²) < 4.78 is 33.2. The molecule has 0 aliphatic carbocycles. The molecule has 0 fully saturated rings. The lowest BCUT2D eigenvalue weighted by atomic mass is 10.1. The van der Waals surface area contributed by atoms with Gasteiger partial charge in [-0.05, 0) is 77.0 Å². The summed E-state index contributed by atoms with van der Waals surface area (Å²) in [5.41, 5.74) is 5.35. The Morgan fingerprint density at radius 1 is 0.577 bits per heavy atom. The molecule has 0 heterocycles. The predicted molar refractivity (Wildman–Crippen MR) is 219 cm³/mol. The van der Waals surface area contributed by atoms with Crippen molar-refractivity contribution in [2.45, 2.75) is 136 Å².